The molecule has 0 aliphatic carbocycles. The molecule has 1 amide bonds. The summed E-state index contributed by atoms with van der Waals surface area (Å²) < 4.78 is 0. The monoisotopic (exact) mass is 689 g/mol. The fraction of sp³-hybridized carbons (Fsp3) is 0.333. The van der Waals surface area contributed by atoms with Crippen LogP contribution < -0.4 is 22.1 Å². The summed E-state index contributed by atoms with van der Waals surface area (Å²) in [5, 5.41) is 25.6. The van der Waals surface area contributed by atoms with Crippen LogP contribution in [-0.4, -0.2) is 51.8 Å². The Morgan fingerprint density at radius 3 is 2.58 bits per heavy atom. The number of azo groups is 1. The Kier molecular flexibility index (Phi) is 10.3. The summed E-state index contributed by atoms with van der Waals surface area (Å²) in [6, 6.07) is 12.6. The number of nitrogens with zero attached hydrogens (tertiary/aromatic N) is 5. The number of aromatic nitrogens is 2. The van der Waals surface area contributed by atoms with Gasteiger partial charge in [0.05, 0.1) is 37.3 Å². The number of Topliss-reactive ketones (excluding diaryl/α,β-unsaturated/α-hetero) is 1. The minimum absolute atomic E-state index is 0.0607. The molecule has 0 radical (unpaired) electrons. The number of nitrogen functional groups attached to an aromatic ring is 2. The van der Waals surface area contributed by atoms with Crippen LogP contribution in [0.5, 0.6) is 0 Å². The van der Waals surface area contributed by atoms with Crippen LogP contribution in [0.15, 0.2) is 57.7 Å². The average Bonchev–Trinajstić information content (AvgIpc) is 3.74. The van der Waals surface area contributed by atoms with Gasteiger partial charge in [-0.05, 0) is 59.7 Å². The van der Waals surface area contributed by atoms with Crippen molar-refractivity contribution in [2.45, 2.75) is 52.0 Å². The topological polar surface area (TPSA) is 210 Å². The van der Waals surface area contributed by atoms with E-state index in [9.17, 15) is 19.5 Å². The van der Waals surface area contributed by atoms with Gasteiger partial charge in [-0.1, -0.05) is 44.5 Å². The van der Waals surface area contributed by atoms with E-state index in [0.29, 0.717) is 55.7 Å². The standard InChI is InChI=1S/C33H36ClN9O4S/c1-33(2,3)19-7-8-20(21(14-19)29-39-16-40-43-29)30(45)37-12-4-5-17(31(46)47)13-23(44)24-10-11-25(48-24)38-15-18-6-9-22-26(27(18)34)28(35)42-32(36)41-22/h6-11,14,17,38H,4-5,12-13,15-16H2,1-3H3,(H,37,45)(H,46,47)(H4,35,36,41,42)/t17-/m1/s1. The molecule has 250 valence electrons. The molecule has 2 aromatic carbocycles. The van der Waals surface area contributed by atoms with E-state index < -0.39 is 11.9 Å². The summed E-state index contributed by atoms with van der Waals surface area (Å²) in [4.78, 5) is 51.1. The molecule has 1 aliphatic heterocycles. The van der Waals surface area contributed by atoms with E-state index in [-0.39, 0.29) is 54.9 Å². The highest BCUT2D eigenvalue weighted by Crippen LogP contribution is 2.32. The fourth-order valence-electron chi connectivity index (χ4n) is 5.22. The van der Waals surface area contributed by atoms with Crippen molar-refractivity contribution in [3.05, 3.63) is 74.6 Å². The Labute approximate surface area is 285 Å². The third-order valence-electron chi connectivity index (χ3n) is 7.88. The number of anilines is 3. The van der Waals surface area contributed by atoms with E-state index >= 15 is 0 Å². The molecule has 48 heavy (non-hydrogen) atoms. The number of carboxylic acids is 1. The first-order valence-corrected chi connectivity index (χ1v) is 16.5. The Morgan fingerprint density at radius 2 is 1.88 bits per heavy atom. The number of aliphatic imine (C=N–C) groups is 1. The molecule has 1 atom stereocenters. The molecule has 0 saturated carbocycles. The lowest BCUT2D eigenvalue weighted by Gasteiger charge is -2.21. The van der Waals surface area contributed by atoms with Crippen LogP contribution in [0.2, 0.25) is 5.02 Å². The van der Waals surface area contributed by atoms with E-state index in [2.05, 4.69) is 56.6 Å². The van der Waals surface area contributed by atoms with E-state index in [1.807, 2.05) is 12.1 Å². The van der Waals surface area contributed by atoms with Gasteiger partial charge in [-0.3, -0.25) is 14.4 Å². The Bertz CT molecular complexity index is 1950. The molecule has 0 fully saturated rings. The van der Waals surface area contributed by atoms with Crippen molar-refractivity contribution in [1.82, 2.24) is 15.3 Å². The number of halogens is 1. The Morgan fingerprint density at radius 1 is 1.08 bits per heavy atom. The summed E-state index contributed by atoms with van der Waals surface area (Å²) in [7, 11) is 0. The maximum atomic E-state index is 13.1. The number of fused-ring (bicyclic) bond motifs is 1. The number of thiophene rings is 1. The summed E-state index contributed by atoms with van der Waals surface area (Å²) in [5.41, 5.74) is 14.9. The highest BCUT2D eigenvalue weighted by atomic mass is 35.5. The predicted molar refractivity (Wildman–Crippen MR) is 188 cm³/mol. The van der Waals surface area contributed by atoms with Gasteiger partial charge in [0.1, 0.15) is 5.82 Å². The van der Waals surface area contributed by atoms with Crippen molar-refractivity contribution in [3.8, 4) is 0 Å². The molecular weight excluding hydrogens is 654 g/mol. The highest BCUT2D eigenvalue weighted by Gasteiger charge is 2.24. The van der Waals surface area contributed by atoms with Crippen LogP contribution in [-0.2, 0) is 16.8 Å². The number of carbonyl (C=O) groups is 3. The zero-order valence-corrected chi connectivity index (χ0v) is 28.3. The lowest BCUT2D eigenvalue weighted by Crippen LogP contribution is -2.28. The zero-order chi connectivity index (χ0) is 34.6. The number of carbonyl (C=O) groups excluding carboxylic acids is 2. The summed E-state index contributed by atoms with van der Waals surface area (Å²) in [6.45, 7) is 7.04. The number of nitrogens with one attached hydrogen (secondary N) is 2. The largest absolute Gasteiger partial charge is 0.481 e. The highest BCUT2D eigenvalue weighted by molar-refractivity contribution is 7.18. The quantitative estimate of drug-likeness (QED) is 0.0813. The van der Waals surface area contributed by atoms with Crippen LogP contribution in [0.3, 0.4) is 0 Å². The van der Waals surface area contributed by atoms with Crippen LogP contribution >= 0.6 is 22.9 Å². The number of ketones is 1. The Balaban J connectivity index is 1.15. The van der Waals surface area contributed by atoms with E-state index in [4.69, 9.17) is 23.1 Å². The first kappa shape index (κ1) is 34.4. The van der Waals surface area contributed by atoms with Crippen molar-refractivity contribution in [2.24, 2.45) is 21.1 Å². The van der Waals surface area contributed by atoms with Crippen molar-refractivity contribution < 1.29 is 19.5 Å². The molecular formula is C33H36ClN9O4S. The number of hydrogen-bond donors (Lipinski definition) is 5. The molecule has 0 saturated heterocycles. The van der Waals surface area contributed by atoms with Crippen molar-refractivity contribution >= 4 is 74.1 Å². The first-order chi connectivity index (χ1) is 22.8. The molecule has 13 nitrogen and oxygen atoms in total. The zero-order valence-electron chi connectivity index (χ0n) is 26.7. The maximum Gasteiger partial charge on any atom is 0.306 e. The minimum atomic E-state index is -1.06. The molecule has 4 aromatic rings. The third kappa shape index (κ3) is 7.94. The Hall–Kier alpha value is -4.95. The van der Waals surface area contributed by atoms with Gasteiger partial charge in [-0.2, -0.15) is 10.1 Å². The van der Waals surface area contributed by atoms with Crippen molar-refractivity contribution in [2.75, 3.05) is 30.0 Å². The lowest BCUT2D eigenvalue weighted by molar-refractivity contribution is -0.141. The second kappa shape index (κ2) is 14.4. The van der Waals surface area contributed by atoms with Crippen molar-refractivity contribution in [1.29, 1.82) is 0 Å². The number of benzene rings is 2. The van der Waals surface area contributed by atoms with Gasteiger partial charge >= 0.3 is 5.97 Å². The molecule has 3 heterocycles. The second-order valence-corrected chi connectivity index (χ2v) is 13.8. The van der Waals surface area contributed by atoms with Crippen LogP contribution in [0.1, 0.15) is 76.8 Å². The number of nitrogens with two attached hydrogens (primary N) is 2. The molecule has 2 aromatic heterocycles. The maximum absolute atomic E-state index is 13.1. The van der Waals surface area contributed by atoms with Gasteiger partial charge in [0.2, 0.25) is 5.95 Å². The van der Waals surface area contributed by atoms with Crippen LogP contribution in [0.4, 0.5) is 16.8 Å². The molecule has 0 spiro atoms. The van der Waals surface area contributed by atoms with E-state index in [0.717, 1.165) is 11.1 Å². The minimum Gasteiger partial charge on any atom is -0.481 e. The summed E-state index contributed by atoms with van der Waals surface area (Å²) in [6.07, 6.45) is 0.427. The van der Waals surface area contributed by atoms with Crippen LogP contribution in [0, 0.1) is 5.92 Å². The van der Waals surface area contributed by atoms with Gasteiger partial charge in [-0.25, -0.2) is 9.98 Å². The van der Waals surface area contributed by atoms with Gasteiger partial charge in [0.15, 0.2) is 18.3 Å². The van der Waals surface area contributed by atoms with E-state index in [1.165, 1.54) is 11.3 Å². The molecule has 0 bridgehead atoms. The predicted octanol–water partition coefficient (Wildman–Crippen LogP) is 6.07. The fourth-order valence-corrected chi connectivity index (χ4v) is 6.39. The smallest absolute Gasteiger partial charge is 0.306 e. The van der Waals surface area contributed by atoms with Gasteiger partial charge in [0.25, 0.3) is 5.91 Å². The molecule has 0 unspecified atom stereocenters. The number of carboxylic acid groups (broad SMARTS) is 1. The normalized spacial score (nSPS) is 13.4. The molecule has 15 heteroatoms. The number of hydrogen-bond acceptors (Lipinski definition) is 12. The second-order valence-electron chi connectivity index (χ2n) is 12.4. The number of amides is 1. The number of amidine groups is 1. The third-order valence-corrected chi connectivity index (χ3v) is 9.39. The number of aliphatic carboxylic acids is 1. The first-order valence-electron chi connectivity index (χ1n) is 15.3. The lowest BCUT2D eigenvalue weighted by atomic mass is 9.85. The van der Waals surface area contributed by atoms with Crippen LogP contribution in [0.25, 0.3) is 10.9 Å². The SMILES string of the molecule is CC(C)(C)c1ccc(C(=O)NCCC[C@H](CC(=O)c2ccc(NCc3ccc4nc(N)nc(N)c4c3Cl)s2)C(=O)O)c(C2=NCN=N2)c1. The van der Waals surface area contributed by atoms with Gasteiger partial charge in [0, 0.05) is 25.1 Å². The average molecular weight is 690 g/mol. The molecule has 5 rings (SSSR count). The van der Waals surface area contributed by atoms with Gasteiger partial charge in [-0.15, -0.1) is 16.5 Å². The van der Waals surface area contributed by atoms with E-state index in [1.54, 1.807) is 30.3 Å². The van der Waals surface area contributed by atoms with Gasteiger partial charge < -0.3 is 27.2 Å². The molecule has 7 N–H and O–H groups in total. The molecule has 1 aliphatic rings. The van der Waals surface area contributed by atoms with Crippen molar-refractivity contribution in [3.63, 3.8) is 0 Å². The summed E-state index contributed by atoms with van der Waals surface area (Å²) in [5.74, 6) is -1.90. The number of rotatable bonds is 13. The summed E-state index contributed by atoms with van der Waals surface area (Å²) >= 11 is 7.81.